The van der Waals surface area contributed by atoms with Crippen LogP contribution in [0, 0.1) is 11.8 Å². The summed E-state index contributed by atoms with van der Waals surface area (Å²) < 4.78 is 23.9. The monoisotopic (exact) mass is 872 g/mol. The van der Waals surface area contributed by atoms with Crippen LogP contribution < -0.4 is 24.7 Å². The summed E-state index contributed by atoms with van der Waals surface area (Å²) >= 11 is 0. The van der Waals surface area contributed by atoms with Crippen LogP contribution in [0.4, 0.5) is 11.4 Å². The minimum atomic E-state index is -0.179. The third kappa shape index (κ3) is 9.83. The lowest BCUT2D eigenvalue weighted by atomic mass is 9.78. The molecule has 336 valence electrons. The van der Waals surface area contributed by atoms with Gasteiger partial charge in [-0.05, 0) is 148 Å². The van der Waals surface area contributed by atoms with Crippen molar-refractivity contribution in [3.63, 3.8) is 0 Å². The van der Waals surface area contributed by atoms with Crippen LogP contribution in [0.2, 0.25) is 0 Å². The summed E-state index contributed by atoms with van der Waals surface area (Å²) in [7, 11) is 5.43. The molecule has 10 heteroatoms. The molecule has 1 saturated heterocycles. The van der Waals surface area contributed by atoms with Crippen molar-refractivity contribution in [2.75, 3.05) is 53.3 Å². The standard InChI is InChI=1S/C55H60N4O6/c1-58-23-8-9-36(22-24-58)27-37-12-14-38(15-13-37)40-18-21-46-41(28-40)10-7-11-42-30-52(50(62-2)31-47(42)54(46)60)64-25-5-4-6-26-65-53-33-49-48(32-51(53)63-3)55(61)59-35-43(29-45(59)34-57-49)39-16-19-44(56)20-17-39/h7,10,12-21,30-36,41,45H,4-6,8-9,11,22-29,56H2,1-3H3. The molecule has 3 atom stereocenters. The van der Waals surface area contributed by atoms with E-state index >= 15 is 0 Å². The van der Waals surface area contributed by atoms with Crippen LogP contribution in [0.25, 0.3) is 11.1 Å². The number of fused-ring (bicyclic) bond motifs is 4. The number of allylic oxidation sites excluding steroid dienone is 6. The first-order valence-electron chi connectivity index (χ1n) is 23.3. The average Bonchev–Trinajstić information content (AvgIpc) is 3.58. The van der Waals surface area contributed by atoms with Gasteiger partial charge in [0.1, 0.15) is 0 Å². The number of likely N-dealkylation sites (tertiary alicyclic amines) is 1. The third-order valence-corrected chi connectivity index (χ3v) is 13.6. The van der Waals surface area contributed by atoms with E-state index in [2.05, 4.69) is 54.4 Å². The Balaban J connectivity index is 0.775. The Kier molecular flexibility index (Phi) is 13.3. The predicted octanol–water partition coefficient (Wildman–Crippen LogP) is 10.5. The lowest BCUT2D eigenvalue weighted by Gasteiger charge is -2.25. The van der Waals surface area contributed by atoms with Gasteiger partial charge in [0, 0.05) is 47.6 Å². The van der Waals surface area contributed by atoms with Crippen LogP contribution in [-0.2, 0) is 12.8 Å². The SMILES string of the molecule is COc1cc2c(cc1OCCCCCOc1cc3c(cc1OC)C(=O)N1C=C(c4ccc(N)cc4)CC1C=N3)CC=CC1CC(c3ccc(CC4CCCN(C)CC4)cc3)=CC=C1C2=O. The zero-order chi connectivity index (χ0) is 44.9. The number of nitrogens with two attached hydrogens (primary N) is 1. The Hall–Kier alpha value is -6.39. The molecule has 0 saturated carbocycles. The highest BCUT2D eigenvalue weighted by atomic mass is 16.5. The van der Waals surface area contributed by atoms with E-state index in [1.165, 1.54) is 49.1 Å². The molecule has 5 aliphatic rings. The fraction of sp³-hybridized carbons (Fsp3) is 0.364. The largest absolute Gasteiger partial charge is 0.493 e. The highest BCUT2D eigenvalue weighted by molar-refractivity contribution is 6.11. The number of unbranched alkanes of at least 4 members (excludes halogenated alkanes) is 2. The van der Waals surface area contributed by atoms with Gasteiger partial charge in [-0.3, -0.25) is 14.6 Å². The number of nitrogen functional groups attached to an aromatic ring is 1. The number of hydrogen-bond donors (Lipinski definition) is 1. The molecule has 65 heavy (non-hydrogen) atoms. The van der Waals surface area contributed by atoms with Gasteiger partial charge in [-0.1, -0.05) is 60.7 Å². The zero-order valence-electron chi connectivity index (χ0n) is 37.9. The quantitative estimate of drug-likeness (QED) is 0.0757. The van der Waals surface area contributed by atoms with E-state index in [0.717, 1.165) is 60.3 Å². The van der Waals surface area contributed by atoms with Crippen molar-refractivity contribution in [1.82, 2.24) is 9.80 Å². The molecule has 3 aliphatic heterocycles. The lowest BCUT2D eigenvalue weighted by Crippen LogP contribution is -2.32. The number of hydrogen-bond acceptors (Lipinski definition) is 9. The van der Waals surface area contributed by atoms with Crippen LogP contribution >= 0.6 is 0 Å². The fourth-order valence-electron chi connectivity index (χ4n) is 9.84. The number of Topliss-reactive ketones (excluding diaryl/α,β-unsaturated/α-hetero) is 1. The molecule has 1 amide bonds. The summed E-state index contributed by atoms with van der Waals surface area (Å²) in [4.78, 5) is 36.8. The minimum Gasteiger partial charge on any atom is -0.493 e. The molecule has 0 spiro atoms. The van der Waals surface area contributed by atoms with E-state index in [1.807, 2.05) is 54.9 Å². The van der Waals surface area contributed by atoms with Gasteiger partial charge in [-0.25, -0.2) is 0 Å². The second-order valence-corrected chi connectivity index (χ2v) is 18.1. The molecule has 10 nitrogen and oxygen atoms in total. The molecular weight excluding hydrogens is 813 g/mol. The molecule has 2 N–H and O–H groups in total. The molecule has 3 unspecified atom stereocenters. The maximum Gasteiger partial charge on any atom is 0.260 e. The van der Waals surface area contributed by atoms with Crippen molar-refractivity contribution in [2.45, 2.75) is 70.3 Å². The number of ketones is 1. The van der Waals surface area contributed by atoms with E-state index in [9.17, 15) is 9.59 Å². The number of nitrogens with zero attached hydrogens (tertiary/aromatic N) is 3. The maximum absolute atomic E-state index is 14.2. The van der Waals surface area contributed by atoms with Crippen LogP contribution in [0.5, 0.6) is 23.0 Å². The van der Waals surface area contributed by atoms with Crippen molar-refractivity contribution in [1.29, 1.82) is 0 Å². The zero-order valence-corrected chi connectivity index (χ0v) is 37.9. The van der Waals surface area contributed by atoms with Gasteiger partial charge < -0.3 is 34.5 Å². The van der Waals surface area contributed by atoms with Gasteiger partial charge in [-0.2, -0.15) is 0 Å². The average molecular weight is 873 g/mol. The number of carbonyl (C=O) groups is 2. The Morgan fingerprint density at radius 3 is 2.22 bits per heavy atom. The highest BCUT2D eigenvalue weighted by Gasteiger charge is 2.34. The fourth-order valence-corrected chi connectivity index (χ4v) is 9.84. The van der Waals surface area contributed by atoms with E-state index in [4.69, 9.17) is 29.7 Å². The van der Waals surface area contributed by atoms with Crippen LogP contribution in [-0.4, -0.2) is 81.3 Å². The van der Waals surface area contributed by atoms with Crippen molar-refractivity contribution >= 4 is 40.4 Å². The van der Waals surface area contributed by atoms with Crippen molar-refractivity contribution in [3.05, 3.63) is 142 Å². The summed E-state index contributed by atoms with van der Waals surface area (Å²) in [6.45, 7) is 3.35. The number of amides is 1. The first-order chi connectivity index (χ1) is 31.7. The normalized spacial score (nSPS) is 20.4. The smallest absolute Gasteiger partial charge is 0.260 e. The van der Waals surface area contributed by atoms with Gasteiger partial charge >= 0.3 is 0 Å². The van der Waals surface area contributed by atoms with Gasteiger partial charge in [-0.15, -0.1) is 0 Å². The maximum atomic E-state index is 14.2. The molecule has 0 aromatic heterocycles. The summed E-state index contributed by atoms with van der Waals surface area (Å²) in [5.41, 5.74) is 16.0. The molecule has 0 bridgehead atoms. The van der Waals surface area contributed by atoms with E-state index in [1.54, 1.807) is 31.3 Å². The first kappa shape index (κ1) is 43.8. The summed E-state index contributed by atoms with van der Waals surface area (Å²) in [5, 5.41) is 0. The second kappa shape index (κ2) is 19.8. The molecule has 1 fully saturated rings. The Morgan fingerprint density at radius 1 is 0.754 bits per heavy atom. The van der Waals surface area contributed by atoms with Gasteiger partial charge in [0.15, 0.2) is 28.8 Å². The van der Waals surface area contributed by atoms with Gasteiger partial charge in [0.05, 0.1) is 44.7 Å². The second-order valence-electron chi connectivity index (χ2n) is 18.1. The first-order valence-corrected chi connectivity index (χ1v) is 23.3. The highest BCUT2D eigenvalue weighted by Crippen LogP contribution is 2.41. The van der Waals surface area contributed by atoms with Crippen molar-refractivity contribution < 1.29 is 28.5 Å². The Labute approximate surface area is 383 Å². The number of benzene rings is 4. The molecule has 3 heterocycles. The number of rotatable bonds is 14. The lowest BCUT2D eigenvalue weighted by molar-refractivity contribution is 0.0817. The summed E-state index contributed by atoms with van der Waals surface area (Å²) in [6.07, 6.45) is 21.9. The topological polar surface area (TPSA) is 116 Å². The number of aliphatic imine (C=N–C) groups is 1. The van der Waals surface area contributed by atoms with Crippen molar-refractivity contribution in [2.24, 2.45) is 16.8 Å². The van der Waals surface area contributed by atoms with Crippen LogP contribution in [0.1, 0.15) is 94.3 Å². The summed E-state index contributed by atoms with van der Waals surface area (Å²) in [6, 6.07) is 24.0. The van der Waals surface area contributed by atoms with E-state index in [0.29, 0.717) is 71.6 Å². The minimum absolute atomic E-state index is 0.0196. The molecule has 0 radical (unpaired) electrons. The third-order valence-electron chi connectivity index (χ3n) is 13.6. The number of carbonyl (C=O) groups excluding carboxylic acids is 2. The molecule has 2 aliphatic carbocycles. The predicted molar refractivity (Wildman–Crippen MR) is 259 cm³/mol. The molecule has 4 aromatic rings. The van der Waals surface area contributed by atoms with Crippen LogP contribution in [0.3, 0.4) is 0 Å². The number of methoxy groups -OCH3 is 2. The number of ether oxygens (including phenoxy) is 4. The van der Waals surface area contributed by atoms with Gasteiger partial charge in [0.25, 0.3) is 5.91 Å². The van der Waals surface area contributed by atoms with E-state index < -0.39 is 0 Å². The summed E-state index contributed by atoms with van der Waals surface area (Å²) in [5.74, 6) is 2.92. The van der Waals surface area contributed by atoms with E-state index in [-0.39, 0.29) is 23.7 Å². The number of anilines is 1. The van der Waals surface area contributed by atoms with Crippen molar-refractivity contribution in [3.8, 4) is 23.0 Å². The molecular formula is C55H60N4O6. The van der Waals surface area contributed by atoms with Gasteiger partial charge in [0.2, 0.25) is 0 Å². The van der Waals surface area contributed by atoms with Crippen LogP contribution in [0.15, 0.2) is 114 Å². The molecule has 4 aromatic carbocycles. The Morgan fingerprint density at radius 2 is 1.46 bits per heavy atom. The Bertz CT molecular complexity index is 2570. The molecule has 9 rings (SSSR count).